The average molecular weight is 405 g/mol. The van der Waals surface area contributed by atoms with Gasteiger partial charge in [0.05, 0.1) is 21.3 Å². The van der Waals surface area contributed by atoms with E-state index in [9.17, 15) is 13.6 Å². The Morgan fingerprint density at radius 1 is 0.931 bits per heavy atom. The van der Waals surface area contributed by atoms with Crippen molar-refractivity contribution in [3.63, 3.8) is 0 Å². The van der Waals surface area contributed by atoms with Crippen LogP contribution in [-0.2, 0) is 9.53 Å². The van der Waals surface area contributed by atoms with Gasteiger partial charge >= 0.3 is 12.6 Å². The standard InChI is InChI=1S/C20H17F2NO6/c1-25-14-7-5-12(10-17(14)27-3)18-23-13(19(24)29-18)8-11-4-6-15(28-20(21)22)16(9-11)26-2/h4-10,20H,1-3H3/b13-8-. The van der Waals surface area contributed by atoms with Gasteiger partial charge in [-0.2, -0.15) is 8.78 Å². The molecule has 0 radical (unpaired) electrons. The van der Waals surface area contributed by atoms with E-state index < -0.39 is 12.6 Å². The summed E-state index contributed by atoms with van der Waals surface area (Å²) in [4.78, 5) is 16.4. The van der Waals surface area contributed by atoms with E-state index in [0.29, 0.717) is 22.6 Å². The molecule has 3 rings (SSSR count). The van der Waals surface area contributed by atoms with Gasteiger partial charge in [0.15, 0.2) is 28.7 Å². The van der Waals surface area contributed by atoms with E-state index in [2.05, 4.69) is 9.73 Å². The highest BCUT2D eigenvalue weighted by molar-refractivity contribution is 6.13. The number of hydrogen-bond donors (Lipinski definition) is 0. The van der Waals surface area contributed by atoms with Crippen molar-refractivity contribution in [2.24, 2.45) is 4.99 Å². The second kappa shape index (κ2) is 8.59. The van der Waals surface area contributed by atoms with Crippen molar-refractivity contribution < 1.29 is 37.3 Å². The Bertz CT molecular complexity index is 987. The molecule has 0 amide bonds. The van der Waals surface area contributed by atoms with Gasteiger partial charge < -0.3 is 23.7 Å². The zero-order valence-corrected chi connectivity index (χ0v) is 15.8. The fraction of sp³-hybridized carbons (Fsp3) is 0.200. The van der Waals surface area contributed by atoms with E-state index in [0.717, 1.165) is 0 Å². The summed E-state index contributed by atoms with van der Waals surface area (Å²) < 4.78 is 49.9. The summed E-state index contributed by atoms with van der Waals surface area (Å²) in [6.07, 6.45) is 1.45. The number of carbonyl (C=O) groups excluding carboxylic acids is 1. The van der Waals surface area contributed by atoms with Crippen LogP contribution in [0.5, 0.6) is 23.0 Å². The van der Waals surface area contributed by atoms with Crippen LogP contribution in [-0.4, -0.2) is 39.8 Å². The summed E-state index contributed by atoms with van der Waals surface area (Å²) in [7, 11) is 4.32. The van der Waals surface area contributed by atoms with Crippen LogP contribution in [0.1, 0.15) is 11.1 Å². The number of hydrogen-bond acceptors (Lipinski definition) is 7. The normalized spacial score (nSPS) is 14.6. The lowest BCUT2D eigenvalue weighted by Crippen LogP contribution is -2.06. The maximum Gasteiger partial charge on any atom is 0.387 e. The van der Waals surface area contributed by atoms with E-state index in [1.807, 2.05) is 0 Å². The minimum Gasteiger partial charge on any atom is -0.493 e. The third-order valence-electron chi connectivity index (χ3n) is 3.96. The fourth-order valence-corrected chi connectivity index (χ4v) is 2.63. The number of esters is 1. The van der Waals surface area contributed by atoms with Crippen LogP contribution in [0.25, 0.3) is 6.08 Å². The average Bonchev–Trinajstić information content (AvgIpc) is 3.08. The van der Waals surface area contributed by atoms with Crippen molar-refractivity contribution in [1.29, 1.82) is 0 Å². The van der Waals surface area contributed by atoms with Crippen LogP contribution in [0.15, 0.2) is 47.1 Å². The number of aliphatic imine (C=N–C) groups is 1. The number of nitrogens with zero attached hydrogens (tertiary/aromatic N) is 1. The Labute approximate surface area is 165 Å². The number of benzene rings is 2. The highest BCUT2D eigenvalue weighted by Gasteiger charge is 2.25. The zero-order chi connectivity index (χ0) is 21.0. The molecule has 0 unspecified atom stereocenters. The quantitative estimate of drug-likeness (QED) is 0.517. The summed E-state index contributed by atoms with van der Waals surface area (Å²) in [5, 5.41) is 0. The van der Waals surface area contributed by atoms with E-state index in [-0.39, 0.29) is 23.1 Å². The number of alkyl halides is 2. The lowest BCUT2D eigenvalue weighted by Gasteiger charge is -2.10. The number of ether oxygens (including phenoxy) is 5. The van der Waals surface area contributed by atoms with Crippen LogP contribution in [0, 0.1) is 0 Å². The summed E-state index contributed by atoms with van der Waals surface area (Å²) in [5.74, 6) is 0.410. The van der Waals surface area contributed by atoms with Gasteiger partial charge in [-0.3, -0.25) is 0 Å². The number of carbonyl (C=O) groups is 1. The Kier molecular flexibility index (Phi) is 5.96. The van der Waals surface area contributed by atoms with E-state index in [4.69, 9.17) is 18.9 Å². The Morgan fingerprint density at radius 2 is 1.59 bits per heavy atom. The molecule has 9 heteroatoms. The Balaban J connectivity index is 1.91. The third kappa shape index (κ3) is 4.45. The molecule has 0 aromatic heterocycles. The molecule has 152 valence electrons. The minimum absolute atomic E-state index is 0.0411. The molecule has 1 aliphatic heterocycles. The molecule has 0 bridgehead atoms. The summed E-state index contributed by atoms with van der Waals surface area (Å²) in [6.45, 7) is -2.98. The van der Waals surface area contributed by atoms with E-state index >= 15 is 0 Å². The first-order valence-corrected chi connectivity index (χ1v) is 8.33. The topological polar surface area (TPSA) is 75.6 Å². The van der Waals surface area contributed by atoms with Crippen LogP contribution < -0.4 is 18.9 Å². The number of halogens is 2. The first kappa shape index (κ1) is 20.1. The molecule has 0 saturated carbocycles. The van der Waals surface area contributed by atoms with Crippen LogP contribution in [0.4, 0.5) is 8.78 Å². The van der Waals surface area contributed by atoms with Crippen LogP contribution in [0.3, 0.4) is 0 Å². The highest BCUT2D eigenvalue weighted by atomic mass is 19.3. The molecule has 0 atom stereocenters. The molecule has 1 heterocycles. The Hall–Kier alpha value is -3.62. The molecular formula is C20H17F2NO6. The Morgan fingerprint density at radius 3 is 2.24 bits per heavy atom. The molecular weight excluding hydrogens is 388 g/mol. The molecule has 0 saturated heterocycles. The fourth-order valence-electron chi connectivity index (χ4n) is 2.63. The summed E-state index contributed by atoms with van der Waals surface area (Å²) >= 11 is 0. The SMILES string of the molecule is COc1ccc(C2=N/C(=C\c3ccc(OC(F)F)c(OC)c3)C(=O)O2)cc1OC. The van der Waals surface area contributed by atoms with Crippen LogP contribution >= 0.6 is 0 Å². The monoisotopic (exact) mass is 405 g/mol. The number of rotatable bonds is 7. The molecule has 29 heavy (non-hydrogen) atoms. The summed E-state index contributed by atoms with van der Waals surface area (Å²) in [6, 6.07) is 9.23. The predicted molar refractivity (Wildman–Crippen MR) is 99.8 cm³/mol. The van der Waals surface area contributed by atoms with E-state index in [1.165, 1.54) is 45.6 Å². The second-order valence-electron chi connectivity index (χ2n) is 5.69. The van der Waals surface area contributed by atoms with Crippen molar-refractivity contribution in [3.05, 3.63) is 53.2 Å². The van der Waals surface area contributed by atoms with Crippen molar-refractivity contribution in [3.8, 4) is 23.0 Å². The van der Waals surface area contributed by atoms with Gasteiger partial charge in [0.1, 0.15) is 0 Å². The predicted octanol–water partition coefficient (Wildman–Crippen LogP) is 3.66. The van der Waals surface area contributed by atoms with Gasteiger partial charge in [-0.05, 0) is 42.0 Å². The van der Waals surface area contributed by atoms with Crippen molar-refractivity contribution in [2.45, 2.75) is 6.61 Å². The third-order valence-corrected chi connectivity index (χ3v) is 3.96. The van der Waals surface area contributed by atoms with Gasteiger partial charge in [-0.15, -0.1) is 0 Å². The van der Waals surface area contributed by atoms with Gasteiger partial charge in [0, 0.05) is 5.56 Å². The number of methoxy groups -OCH3 is 3. The largest absolute Gasteiger partial charge is 0.493 e. The van der Waals surface area contributed by atoms with Crippen molar-refractivity contribution in [1.82, 2.24) is 0 Å². The molecule has 2 aromatic carbocycles. The van der Waals surface area contributed by atoms with Gasteiger partial charge in [-0.25, -0.2) is 9.79 Å². The van der Waals surface area contributed by atoms with Gasteiger partial charge in [0.2, 0.25) is 5.90 Å². The lowest BCUT2D eigenvalue weighted by molar-refractivity contribution is -0.129. The minimum atomic E-state index is -2.98. The van der Waals surface area contributed by atoms with E-state index in [1.54, 1.807) is 18.2 Å². The smallest absolute Gasteiger partial charge is 0.387 e. The second-order valence-corrected chi connectivity index (χ2v) is 5.69. The maximum atomic E-state index is 12.4. The van der Waals surface area contributed by atoms with Crippen molar-refractivity contribution >= 4 is 17.9 Å². The molecule has 0 aliphatic carbocycles. The highest BCUT2D eigenvalue weighted by Crippen LogP contribution is 2.32. The molecule has 1 aliphatic rings. The summed E-state index contributed by atoms with van der Waals surface area (Å²) in [5.41, 5.74) is 1.06. The molecule has 7 nitrogen and oxygen atoms in total. The molecule has 0 spiro atoms. The zero-order valence-electron chi connectivity index (χ0n) is 15.8. The maximum absolute atomic E-state index is 12.4. The number of cyclic esters (lactones) is 1. The molecule has 0 fully saturated rings. The lowest BCUT2D eigenvalue weighted by atomic mass is 10.1. The van der Waals surface area contributed by atoms with Crippen LogP contribution in [0.2, 0.25) is 0 Å². The van der Waals surface area contributed by atoms with Gasteiger partial charge in [0.25, 0.3) is 0 Å². The van der Waals surface area contributed by atoms with Gasteiger partial charge in [-0.1, -0.05) is 6.07 Å². The molecule has 2 aromatic rings. The first-order valence-electron chi connectivity index (χ1n) is 8.33. The molecule has 0 N–H and O–H groups in total. The first-order chi connectivity index (χ1) is 13.9. The van der Waals surface area contributed by atoms with Crippen molar-refractivity contribution in [2.75, 3.05) is 21.3 Å².